The van der Waals surface area contributed by atoms with E-state index >= 15 is 0 Å². The van der Waals surface area contributed by atoms with E-state index in [1.54, 1.807) is 36.4 Å². The maximum atomic E-state index is 12.4. The number of rotatable bonds is 4. The Morgan fingerprint density at radius 1 is 1.24 bits per heavy atom. The minimum atomic E-state index is -3.31. The summed E-state index contributed by atoms with van der Waals surface area (Å²) < 4.78 is 30.5. The van der Waals surface area contributed by atoms with Crippen molar-refractivity contribution < 1.29 is 17.9 Å². The van der Waals surface area contributed by atoms with Gasteiger partial charge in [0.05, 0.1) is 29.1 Å². The molecule has 132 valence electrons. The van der Waals surface area contributed by atoms with E-state index in [9.17, 15) is 13.2 Å². The maximum absolute atomic E-state index is 12.4. The highest BCUT2D eigenvalue weighted by Crippen LogP contribution is 2.33. The van der Waals surface area contributed by atoms with E-state index in [1.807, 2.05) is 0 Å². The lowest BCUT2D eigenvalue weighted by Crippen LogP contribution is -2.25. The first-order chi connectivity index (χ1) is 11.9. The molecular weight excluding hydrogens is 364 g/mol. The van der Waals surface area contributed by atoms with Crippen LogP contribution >= 0.6 is 11.6 Å². The third kappa shape index (κ3) is 3.57. The number of nitrogens with one attached hydrogen (secondary N) is 1. The Morgan fingerprint density at radius 2 is 2.00 bits per heavy atom. The van der Waals surface area contributed by atoms with Gasteiger partial charge in [0.1, 0.15) is 5.75 Å². The predicted molar refractivity (Wildman–Crippen MR) is 98.1 cm³/mol. The normalized spacial score (nSPS) is 15.8. The Morgan fingerprint density at radius 3 is 2.64 bits per heavy atom. The number of ether oxygens (including phenoxy) is 1. The van der Waals surface area contributed by atoms with Crippen LogP contribution in [0.15, 0.2) is 42.5 Å². The quantitative estimate of drug-likeness (QED) is 0.884. The molecule has 25 heavy (non-hydrogen) atoms. The number of halogens is 1. The zero-order valence-electron chi connectivity index (χ0n) is 13.5. The third-order valence-corrected chi connectivity index (χ3v) is 6.08. The molecule has 2 aromatic rings. The largest absolute Gasteiger partial charge is 0.496 e. The average molecular weight is 381 g/mol. The Kier molecular flexibility index (Phi) is 4.87. The minimum absolute atomic E-state index is 0.121. The van der Waals surface area contributed by atoms with Gasteiger partial charge in [0.25, 0.3) is 5.91 Å². The number of nitrogens with zero attached hydrogens (tertiary/aromatic N) is 1. The van der Waals surface area contributed by atoms with Crippen LogP contribution in [0.4, 0.5) is 11.4 Å². The third-order valence-electron chi connectivity index (χ3n) is 3.93. The monoisotopic (exact) mass is 380 g/mol. The average Bonchev–Trinajstić information content (AvgIpc) is 2.94. The van der Waals surface area contributed by atoms with Crippen molar-refractivity contribution in [2.24, 2.45) is 0 Å². The predicted octanol–water partition coefficient (Wildman–Crippen LogP) is 3.14. The molecule has 1 aliphatic heterocycles. The van der Waals surface area contributed by atoms with E-state index < -0.39 is 10.0 Å². The Balaban J connectivity index is 1.83. The fourth-order valence-corrected chi connectivity index (χ4v) is 4.64. The SMILES string of the molecule is COc1ccccc1C(=O)Nc1ccc(N2CCCS2(=O)=O)c(Cl)c1. The number of para-hydroxylation sites is 1. The lowest BCUT2D eigenvalue weighted by atomic mass is 10.2. The standard InChI is InChI=1S/C17H17ClN2O4S/c1-24-16-6-3-2-5-13(16)17(21)19-12-7-8-15(14(18)11-12)20-9-4-10-25(20,22)23/h2-3,5-8,11H,4,9-10H2,1H3,(H,19,21). The number of methoxy groups -OCH3 is 1. The first-order valence-corrected chi connectivity index (χ1v) is 9.65. The van der Waals surface area contributed by atoms with Crippen LogP contribution in [0.3, 0.4) is 0 Å². The Bertz CT molecular complexity index is 915. The number of carbonyl (C=O) groups is 1. The van der Waals surface area contributed by atoms with E-state index in [-0.39, 0.29) is 16.7 Å². The summed E-state index contributed by atoms with van der Waals surface area (Å²) in [5.41, 5.74) is 1.29. The van der Waals surface area contributed by atoms with Crippen molar-refractivity contribution in [3.8, 4) is 5.75 Å². The van der Waals surface area contributed by atoms with Crippen molar-refractivity contribution >= 4 is 38.9 Å². The fraction of sp³-hybridized carbons (Fsp3) is 0.235. The molecule has 0 aliphatic carbocycles. The second-order valence-corrected chi connectivity index (χ2v) is 7.98. The lowest BCUT2D eigenvalue weighted by molar-refractivity contribution is 0.102. The summed E-state index contributed by atoms with van der Waals surface area (Å²) in [5.74, 6) is 0.247. The Labute approximate surface area is 151 Å². The maximum Gasteiger partial charge on any atom is 0.259 e. The van der Waals surface area contributed by atoms with Gasteiger partial charge in [-0.2, -0.15) is 0 Å². The number of hydrogen-bond donors (Lipinski definition) is 1. The number of sulfonamides is 1. The van der Waals surface area contributed by atoms with Crippen molar-refractivity contribution in [3.05, 3.63) is 53.1 Å². The molecule has 0 atom stereocenters. The second-order valence-electron chi connectivity index (χ2n) is 5.56. The highest BCUT2D eigenvalue weighted by atomic mass is 35.5. The topological polar surface area (TPSA) is 75.7 Å². The molecule has 0 spiro atoms. The molecule has 1 saturated heterocycles. The molecule has 0 unspecified atom stereocenters. The first-order valence-electron chi connectivity index (χ1n) is 7.67. The van der Waals surface area contributed by atoms with Gasteiger partial charge in [0.2, 0.25) is 10.0 Å². The highest BCUT2D eigenvalue weighted by molar-refractivity contribution is 7.93. The van der Waals surface area contributed by atoms with Crippen molar-refractivity contribution in [1.82, 2.24) is 0 Å². The van der Waals surface area contributed by atoms with Crippen LogP contribution in [-0.2, 0) is 10.0 Å². The van der Waals surface area contributed by atoms with Crippen LogP contribution in [0.25, 0.3) is 0 Å². The summed E-state index contributed by atoms with van der Waals surface area (Å²) in [4.78, 5) is 12.4. The van der Waals surface area contributed by atoms with E-state index in [0.29, 0.717) is 35.7 Å². The molecule has 3 rings (SSSR count). The summed E-state index contributed by atoms with van der Waals surface area (Å²) in [5, 5.41) is 3.01. The number of anilines is 2. The first kappa shape index (κ1) is 17.6. The van der Waals surface area contributed by atoms with Gasteiger partial charge in [0.15, 0.2) is 0 Å². The molecule has 1 aliphatic rings. The molecule has 2 aromatic carbocycles. The molecule has 0 saturated carbocycles. The van der Waals surface area contributed by atoms with Crippen LogP contribution < -0.4 is 14.4 Å². The smallest absolute Gasteiger partial charge is 0.259 e. The number of amides is 1. The molecule has 6 nitrogen and oxygen atoms in total. The second kappa shape index (κ2) is 6.93. The Hall–Kier alpha value is -2.25. The van der Waals surface area contributed by atoms with Gasteiger partial charge in [-0.1, -0.05) is 23.7 Å². The number of carbonyl (C=O) groups excluding carboxylic acids is 1. The summed E-state index contributed by atoms with van der Waals surface area (Å²) >= 11 is 6.24. The van der Waals surface area contributed by atoms with E-state index in [2.05, 4.69) is 5.32 Å². The van der Waals surface area contributed by atoms with Gasteiger partial charge in [-0.15, -0.1) is 0 Å². The van der Waals surface area contributed by atoms with E-state index in [4.69, 9.17) is 16.3 Å². The van der Waals surface area contributed by atoms with Gasteiger partial charge < -0.3 is 10.1 Å². The summed E-state index contributed by atoms with van der Waals surface area (Å²) in [7, 11) is -1.81. The summed E-state index contributed by atoms with van der Waals surface area (Å²) in [6.45, 7) is 0.412. The summed E-state index contributed by atoms with van der Waals surface area (Å²) in [6, 6.07) is 11.6. The molecule has 1 heterocycles. The molecule has 0 radical (unpaired) electrons. The van der Waals surface area contributed by atoms with Gasteiger partial charge >= 0.3 is 0 Å². The number of hydrogen-bond acceptors (Lipinski definition) is 4. The van der Waals surface area contributed by atoms with Crippen molar-refractivity contribution in [2.45, 2.75) is 6.42 Å². The van der Waals surface area contributed by atoms with Crippen LogP contribution in [0.5, 0.6) is 5.75 Å². The molecule has 8 heteroatoms. The van der Waals surface area contributed by atoms with E-state index in [1.165, 1.54) is 17.5 Å². The molecule has 1 N–H and O–H groups in total. The van der Waals surface area contributed by atoms with Gasteiger partial charge in [-0.3, -0.25) is 9.10 Å². The van der Waals surface area contributed by atoms with Crippen LogP contribution in [0.1, 0.15) is 16.8 Å². The molecular formula is C17H17ClN2O4S. The van der Waals surface area contributed by atoms with Gasteiger partial charge in [0, 0.05) is 12.2 Å². The minimum Gasteiger partial charge on any atom is -0.496 e. The van der Waals surface area contributed by atoms with Gasteiger partial charge in [-0.05, 0) is 36.8 Å². The summed E-state index contributed by atoms with van der Waals surface area (Å²) in [6.07, 6.45) is 0.574. The molecule has 0 bridgehead atoms. The fourth-order valence-electron chi connectivity index (χ4n) is 2.73. The zero-order valence-corrected chi connectivity index (χ0v) is 15.1. The van der Waals surface area contributed by atoms with Crippen molar-refractivity contribution in [1.29, 1.82) is 0 Å². The van der Waals surface area contributed by atoms with Crippen LogP contribution in [0, 0.1) is 0 Å². The molecule has 1 amide bonds. The van der Waals surface area contributed by atoms with Crippen LogP contribution in [-0.4, -0.2) is 33.7 Å². The van der Waals surface area contributed by atoms with Gasteiger partial charge in [-0.25, -0.2) is 8.42 Å². The zero-order chi connectivity index (χ0) is 18.0. The molecule has 0 aromatic heterocycles. The highest BCUT2D eigenvalue weighted by Gasteiger charge is 2.29. The van der Waals surface area contributed by atoms with Crippen molar-refractivity contribution in [2.75, 3.05) is 29.0 Å². The van der Waals surface area contributed by atoms with E-state index in [0.717, 1.165) is 0 Å². The number of benzene rings is 2. The molecule has 1 fully saturated rings. The lowest BCUT2D eigenvalue weighted by Gasteiger charge is -2.19. The van der Waals surface area contributed by atoms with Crippen molar-refractivity contribution in [3.63, 3.8) is 0 Å². The van der Waals surface area contributed by atoms with Crippen LogP contribution in [0.2, 0.25) is 5.02 Å².